The van der Waals surface area contributed by atoms with Crippen molar-refractivity contribution >= 4 is 5.95 Å². The molecule has 2 saturated heterocycles. The first kappa shape index (κ1) is 14.5. The highest BCUT2D eigenvalue weighted by Crippen LogP contribution is 2.27. The van der Waals surface area contributed by atoms with Gasteiger partial charge in [0.05, 0.1) is 25.2 Å². The summed E-state index contributed by atoms with van der Waals surface area (Å²) in [6, 6.07) is 1.76. The fourth-order valence-corrected chi connectivity index (χ4v) is 2.92. The van der Waals surface area contributed by atoms with E-state index in [1.54, 1.807) is 18.5 Å². The van der Waals surface area contributed by atoms with Gasteiger partial charge in [-0.1, -0.05) is 0 Å². The summed E-state index contributed by atoms with van der Waals surface area (Å²) in [5, 5.41) is 0. The van der Waals surface area contributed by atoms with Crippen molar-refractivity contribution in [3.8, 4) is 0 Å². The van der Waals surface area contributed by atoms with Crippen molar-refractivity contribution in [2.75, 3.05) is 37.7 Å². The summed E-state index contributed by atoms with van der Waals surface area (Å²) in [4.78, 5) is 12.3. The second kappa shape index (κ2) is 5.76. The molecular formula is C13H17F3N4O. The zero-order chi connectivity index (χ0) is 14.9. The quantitative estimate of drug-likeness (QED) is 0.842. The minimum Gasteiger partial charge on any atom is -0.373 e. The Hall–Kier alpha value is -1.41. The first-order valence-electron chi connectivity index (χ1n) is 6.97. The van der Waals surface area contributed by atoms with Gasteiger partial charge in [0.15, 0.2) is 0 Å². The molecule has 1 aromatic heterocycles. The molecule has 0 aliphatic carbocycles. The number of morpholine rings is 1. The molecule has 2 aliphatic rings. The van der Waals surface area contributed by atoms with Gasteiger partial charge in [-0.3, -0.25) is 4.90 Å². The number of likely N-dealkylation sites (tertiary alicyclic amines) is 1. The number of alkyl halides is 3. The summed E-state index contributed by atoms with van der Waals surface area (Å²) in [6.45, 7) is 2.32. The van der Waals surface area contributed by atoms with Crippen molar-refractivity contribution in [3.63, 3.8) is 0 Å². The second-order valence-electron chi connectivity index (χ2n) is 5.34. The highest BCUT2D eigenvalue weighted by atomic mass is 19.4. The molecule has 0 spiro atoms. The monoisotopic (exact) mass is 302 g/mol. The van der Waals surface area contributed by atoms with E-state index in [1.807, 2.05) is 9.80 Å². The molecule has 0 saturated carbocycles. The van der Waals surface area contributed by atoms with Crippen LogP contribution in [-0.2, 0) is 4.74 Å². The third-order valence-corrected chi connectivity index (χ3v) is 3.90. The standard InChI is InChI=1S/C13H17F3N4O/c14-13(15,16)2-5-19-8-10-11(9-19)21-7-6-20(10)12-17-3-1-4-18-12/h1,3-4,10-11H,2,5-9H2/t10-,11+/m1/s1. The van der Waals surface area contributed by atoms with E-state index in [9.17, 15) is 13.2 Å². The normalized spacial score (nSPS) is 26.9. The average Bonchev–Trinajstić information content (AvgIpc) is 2.88. The molecule has 3 rings (SSSR count). The number of ether oxygens (including phenoxy) is 1. The number of rotatable bonds is 3. The maximum atomic E-state index is 12.3. The Kier molecular flexibility index (Phi) is 3.99. The van der Waals surface area contributed by atoms with Crippen LogP contribution >= 0.6 is 0 Å². The third kappa shape index (κ3) is 3.44. The Bertz CT molecular complexity index is 470. The Morgan fingerprint density at radius 3 is 2.71 bits per heavy atom. The molecule has 0 bridgehead atoms. The SMILES string of the molecule is FC(F)(F)CCN1C[C@@H]2OCCN(c3ncccn3)[C@@H]2C1. The van der Waals surface area contributed by atoms with E-state index in [2.05, 4.69) is 9.97 Å². The van der Waals surface area contributed by atoms with Gasteiger partial charge < -0.3 is 9.64 Å². The molecule has 116 valence electrons. The maximum Gasteiger partial charge on any atom is 0.390 e. The van der Waals surface area contributed by atoms with Crippen LogP contribution in [0.15, 0.2) is 18.5 Å². The van der Waals surface area contributed by atoms with Crippen molar-refractivity contribution in [2.24, 2.45) is 0 Å². The summed E-state index contributed by atoms with van der Waals surface area (Å²) < 4.78 is 42.7. The van der Waals surface area contributed by atoms with Gasteiger partial charge in [-0.05, 0) is 6.07 Å². The predicted octanol–water partition coefficient (Wildman–Crippen LogP) is 1.32. The topological polar surface area (TPSA) is 41.5 Å². The van der Waals surface area contributed by atoms with Crippen molar-refractivity contribution in [3.05, 3.63) is 18.5 Å². The van der Waals surface area contributed by atoms with Crippen LogP contribution in [0.1, 0.15) is 6.42 Å². The molecule has 5 nitrogen and oxygen atoms in total. The highest BCUT2D eigenvalue weighted by molar-refractivity contribution is 5.33. The summed E-state index contributed by atoms with van der Waals surface area (Å²) >= 11 is 0. The summed E-state index contributed by atoms with van der Waals surface area (Å²) in [7, 11) is 0. The lowest BCUT2D eigenvalue weighted by Gasteiger charge is -2.36. The van der Waals surface area contributed by atoms with Crippen molar-refractivity contribution in [1.82, 2.24) is 14.9 Å². The maximum absolute atomic E-state index is 12.3. The molecule has 2 fully saturated rings. The van der Waals surface area contributed by atoms with Crippen LogP contribution in [0.4, 0.5) is 19.1 Å². The minimum absolute atomic E-state index is 0.0172. The molecule has 0 unspecified atom stereocenters. The van der Waals surface area contributed by atoms with Crippen LogP contribution in [-0.4, -0.2) is 66.0 Å². The fraction of sp³-hybridized carbons (Fsp3) is 0.692. The van der Waals surface area contributed by atoms with Gasteiger partial charge in [-0.25, -0.2) is 9.97 Å². The number of hydrogen-bond acceptors (Lipinski definition) is 5. The van der Waals surface area contributed by atoms with E-state index < -0.39 is 12.6 Å². The number of hydrogen-bond donors (Lipinski definition) is 0. The average molecular weight is 302 g/mol. The van der Waals surface area contributed by atoms with E-state index in [0.717, 1.165) is 0 Å². The third-order valence-electron chi connectivity index (χ3n) is 3.90. The molecule has 21 heavy (non-hydrogen) atoms. The minimum atomic E-state index is -4.11. The van der Waals surface area contributed by atoms with Crippen LogP contribution in [0.5, 0.6) is 0 Å². The van der Waals surface area contributed by atoms with Crippen molar-refractivity contribution < 1.29 is 17.9 Å². The molecule has 0 radical (unpaired) electrons. The Morgan fingerprint density at radius 2 is 2.00 bits per heavy atom. The van der Waals surface area contributed by atoms with Gasteiger partial charge in [-0.15, -0.1) is 0 Å². The lowest BCUT2D eigenvalue weighted by atomic mass is 10.1. The molecule has 0 amide bonds. The molecule has 3 heterocycles. The summed E-state index contributed by atoms with van der Waals surface area (Å²) in [5.41, 5.74) is 0. The second-order valence-corrected chi connectivity index (χ2v) is 5.34. The number of nitrogens with zero attached hydrogens (tertiary/aromatic N) is 4. The number of fused-ring (bicyclic) bond motifs is 1. The van der Waals surface area contributed by atoms with Crippen LogP contribution in [0.25, 0.3) is 0 Å². The fourth-order valence-electron chi connectivity index (χ4n) is 2.92. The smallest absolute Gasteiger partial charge is 0.373 e. The molecule has 2 atom stereocenters. The summed E-state index contributed by atoms with van der Waals surface area (Å²) in [6.07, 6.45) is -1.63. The Balaban J connectivity index is 1.65. The van der Waals surface area contributed by atoms with Crippen LogP contribution in [0.2, 0.25) is 0 Å². The van der Waals surface area contributed by atoms with Gasteiger partial charge in [0, 0.05) is 38.6 Å². The molecule has 0 N–H and O–H groups in total. The van der Waals surface area contributed by atoms with E-state index >= 15 is 0 Å². The van der Waals surface area contributed by atoms with E-state index in [4.69, 9.17) is 4.74 Å². The van der Waals surface area contributed by atoms with Crippen LogP contribution in [0, 0.1) is 0 Å². The predicted molar refractivity (Wildman–Crippen MR) is 70.0 cm³/mol. The van der Waals surface area contributed by atoms with Gasteiger partial charge in [-0.2, -0.15) is 13.2 Å². The van der Waals surface area contributed by atoms with Crippen LogP contribution in [0.3, 0.4) is 0 Å². The number of aromatic nitrogens is 2. The van der Waals surface area contributed by atoms with Gasteiger partial charge >= 0.3 is 6.18 Å². The van der Waals surface area contributed by atoms with Gasteiger partial charge in [0.25, 0.3) is 0 Å². The Labute approximate surface area is 120 Å². The number of halogens is 3. The molecule has 8 heteroatoms. The molecule has 2 aliphatic heterocycles. The molecular weight excluding hydrogens is 285 g/mol. The lowest BCUT2D eigenvalue weighted by molar-refractivity contribution is -0.137. The van der Waals surface area contributed by atoms with E-state index in [1.165, 1.54) is 0 Å². The van der Waals surface area contributed by atoms with Crippen molar-refractivity contribution in [2.45, 2.75) is 24.7 Å². The molecule has 1 aromatic rings. The van der Waals surface area contributed by atoms with E-state index in [-0.39, 0.29) is 18.7 Å². The van der Waals surface area contributed by atoms with Crippen LogP contribution < -0.4 is 4.90 Å². The first-order chi connectivity index (χ1) is 10.0. The van der Waals surface area contributed by atoms with Gasteiger partial charge in [0.2, 0.25) is 5.95 Å². The largest absolute Gasteiger partial charge is 0.390 e. The number of anilines is 1. The molecule has 0 aromatic carbocycles. The van der Waals surface area contributed by atoms with E-state index in [0.29, 0.717) is 32.2 Å². The summed E-state index contributed by atoms with van der Waals surface area (Å²) in [5.74, 6) is 0.619. The first-order valence-corrected chi connectivity index (χ1v) is 6.97. The highest BCUT2D eigenvalue weighted by Gasteiger charge is 2.41. The van der Waals surface area contributed by atoms with Gasteiger partial charge in [0.1, 0.15) is 0 Å². The van der Waals surface area contributed by atoms with Crippen molar-refractivity contribution in [1.29, 1.82) is 0 Å². The zero-order valence-electron chi connectivity index (χ0n) is 11.5. The lowest BCUT2D eigenvalue weighted by Crippen LogP contribution is -2.51. The zero-order valence-corrected chi connectivity index (χ0v) is 11.5. The Morgan fingerprint density at radius 1 is 1.24 bits per heavy atom.